The summed E-state index contributed by atoms with van der Waals surface area (Å²) >= 11 is 38.2. The summed E-state index contributed by atoms with van der Waals surface area (Å²) in [6, 6.07) is 1.54. The van der Waals surface area contributed by atoms with Gasteiger partial charge in [0, 0.05) is 78.6 Å². The largest absolute Gasteiger partial charge is 0.298 e. The van der Waals surface area contributed by atoms with E-state index in [2.05, 4.69) is 21.6 Å². The van der Waals surface area contributed by atoms with Crippen LogP contribution in [0, 0.1) is 0 Å². The Hall–Kier alpha value is 0.510. The molecule has 0 aromatic heterocycles. The van der Waals surface area contributed by atoms with Crippen molar-refractivity contribution < 1.29 is 4.79 Å². The average Bonchev–Trinajstić information content (AvgIpc) is 2.85. The molecule has 208 valence electrons. The van der Waals surface area contributed by atoms with E-state index < -0.39 is 0 Å². The zero-order chi connectivity index (χ0) is 27.3. The van der Waals surface area contributed by atoms with E-state index in [1.54, 1.807) is 0 Å². The van der Waals surface area contributed by atoms with E-state index in [1.165, 1.54) is 5.56 Å². The van der Waals surface area contributed by atoms with E-state index in [1.807, 2.05) is 27.2 Å². The predicted molar refractivity (Wildman–Crippen MR) is 161 cm³/mol. The van der Waals surface area contributed by atoms with Gasteiger partial charge in [-0.05, 0) is 62.3 Å². The van der Waals surface area contributed by atoms with E-state index >= 15 is 0 Å². The number of benzene rings is 1. The molecule has 0 aliphatic carbocycles. The standard InChI is InChI=1S/C26H41Cl6N3O/c1-5-6-7-20-21(22(15-30)33(2)11-8-27)14-19(18-36)25(23(16-31)34(3)12-9-28)26(20)24(17-32)35(4)13-10-29/h14,18,22-24H,5-13,15-17H2,1-4H3. The lowest BCUT2D eigenvalue weighted by Crippen LogP contribution is -2.35. The van der Waals surface area contributed by atoms with Crippen LogP contribution in [-0.2, 0) is 6.42 Å². The van der Waals surface area contributed by atoms with Gasteiger partial charge in [0.05, 0.1) is 0 Å². The Balaban J connectivity index is 4.16. The van der Waals surface area contributed by atoms with E-state index in [-0.39, 0.29) is 18.1 Å². The fourth-order valence-corrected chi connectivity index (χ4v) is 6.70. The summed E-state index contributed by atoms with van der Waals surface area (Å²) in [5.41, 5.74) is 4.83. The monoisotopic (exact) mass is 621 g/mol. The lowest BCUT2D eigenvalue weighted by atomic mass is 9.81. The zero-order valence-corrected chi connectivity index (χ0v) is 26.4. The number of carbonyl (C=O) groups is 1. The third-order valence-corrected chi connectivity index (χ3v) is 8.25. The minimum absolute atomic E-state index is 0.104. The van der Waals surface area contributed by atoms with Crippen molar-refractivity contribution >= 4 is 75.9 Å². The molecule has 3 atom stereocenters. The van der Waals surface area contributed by atoms with Crippen LogP contribution in [0.4, 0.5) is 0 Å². The number of alkyl halides is 6. The fourth-order valence-electron chi connectivity index (χ4n) is 4.72. The number of aldehydes is 1. The molecule has 1 rings (SSSR count). The van der Waals surface area contributed by atoms with Crippen LogP contribution in [0.2, 0.25) is 0 Å². The van der Waals surface area contributed by atoms with Crippen LogP contribution in [0.5, 0.6) is 0 Å². The summed E-state index contributed by atoms with van der Waals surface area (Å²) in [4.78, 5) is 19.1. The molecule has 0 heterocycles. The Morgan fingerprint density at radius 2 is 1.19 bits per heavy atom. The first-order valence-electron chi connectivity index (χ1n) is 12.4. The number of hydrogen-bond donors (Lipinski definition) is 0. The third kappa shape index (κ3) is 9.03. The Morgan fingerprint density at radius 1 is 0.750 bits per heavy atom. The Kier molecular flexibility index (Phi) is 18.0. The van der Waals surface area contributed by atoms with Crippen LogP contribution in [0.1, 0.15) is 70.5 Å². The average molecular weight is 624 g/mol. The number of hydrogen-bond acceptors (Lipinski definition) is 4. The topological polar surface area (TPSA) is 26.8 Å². The van der Waals surface area contributed by atoms with Crippen LogP contribution in [-0.4, -0.2) is 97.0 Å². The first-order valence-corrected chi connectivity index (χ1v) is 15.6. The third-order valence-electron chi connectivity index (χ3n) is 6.86. The highest BCUT2D eigenvalue weighted by Crippen LogP contribution is 2.41. The first kappa shape index (κ1) is 34.5. The molecule has 0 aliphatic heterocycles. The van der Waals surface area contributed by atoms with Gasteiger partial charge in [-0.2, -0.15) is 0 Å². The molecule has 0 radical (unpaired) electrons. The second-order valence-corrected chi connectivity index (χ2v) is 11.2. The fraction of sp³-hybridized carbons (Fsp3) is 0.731. The molecule has 0 saturated heterocycles. The minimum atomic E-state index is -0.208. The summed E-state index contributed by atoms with van der Waals surface area (Å²) in [5, 5.41) is 0. The molecule has 0 bridgehead atoms. The summed E-state index contributed by atoms with van der Waals surface area (Å²) in [7, 11) is 6.02. The molecule has 1 aromatic rings. The summed E-state index contributed by atoms with van der Waals surface area (Å²) in [6.45, 7) is 4.13. The Labute approximate surface area is 248 Å². The normalized spacial score (nSPS) is 14.6. The van der Waals surface area contributed by atoms with E-state index in [0.717, 1.165) is 42.2 Å². The van der Waals surface area contributed by atoms with Crippen molar-refractivity contribution in [2.75, 3.05) is 76.1 Å². The van der Waals surface area contributed by atoms with Crippen molar-refractivity contribution in [3.05, 3.63) is 33.9 Å². The quantitative estimate of drug-likeness (QED) is 0.120. The molecule has 10 heteroatoms. The number of unbranched alkanes of at least 4 members (excludes halogenated alkanes) is 1. The van der Waals surface area contributed by atoms with Gasteiger partial charge in [-0.3, -0.25) is 19.5 Å². The molecule has 0 amide bonds. The van der Waals surface area contributed by atoms with Crippen molar-refractivity contribution in [1.29, 1.82) is 0 Å². The van der Waals surface area contributed by atoms with Gasteiger partial charge in [-0.15, -0.1) is 69.6 Å². The van der Waals surface area contributed by atoms with E-state index in [9.17, 15) is 4.79 Å². The molecule has 0 saturated carbocycles. The molecule has 36 heavy (non-hydrogen) atoms. The zero-order valence-electron chi connectivity index (χ0n) is 21.9. The van der Waals surface area contributed by atoms with Gasteiger partial charge in [0.2, 0.25) is 0 Å². The highest BCUT2D eigenvalue weighted by Gasteiger charge is 2.33. The highest BCUT2D eigenvalue weighted by atomic mass is 35.5. The maximum Gasteiger partial charge on any atom is 0.150 e. The van der Waals surface area contributed by atoms with Crippen molar-refractivity contribution in [3.8, 4) is 0 Å². The van der Waals surface area contributed by atoms with E-state index in [4.69, 9.17) is 69.6 Å². The van der Waals surface area contributed by atoms with Crippen LogP contribution in [0.15, 0.2) is 6.07 Å². The van der Waals surface area contributed by atoms with Crippen molar-refractivity contribution in [3.63, 3.8) is 0 Å². The second-order valence-electron chi connectivity index (χ2n) is 9.10. The van der Waals surface area contributed by atoms with Crippen molar-refractivity contribution in [1.82, 2.24) is 14.7 Å². The van der Waals surface area contributed by atoms with Gasteiger partial charge in [0.15, 0.2) is 0 Å². The Morgan fingerprint density at radius 3 is 1.58 bits per heavy atom. The van der Waals surface area contributed by atoms with Gasteiger partial charge in [-0.1, -0.05) is 13.3 Å². The molecule has 0 N–H and O–H groups in total. The highest BCUT2D eigenvalue weighted by molar-refractivity contribution is 6.19. The molecular weight excluding hydrogens is 583 g/mol. The molecule has 0 spiro atoms. The first-order chi connectivity index (χ1) is 17.3. The van der Waals surface area contributed by atoms with Crippen molar-refractivity contribution in [2.24, 2.45) is 0 Å². The van der Waals surface area contributed by atoms with Crippen LogP contribution in [0.3, 0.4) is 0 Å². The van der Waals surface area contributed by atoms with Crippen molar-refractivity contribution in [2.45, 2.75) is 44.3 Å². The summed E-state index contributed by atoms with van der Waals surface area (Å²) in [6.07, 6.45) is 3.79. The van der Waals surface area contributed by atoms with Gasteiger partial charge < -0.3 is 0 Å². The summed E-state index contributed by atoms with van der Waals surface area (Å²) < 4.78 is 0. The van der Waals surface area contributed by atoms with Gasteiger partial charge >= 0.3 is 0 Å². The van der Waals surface area contributed by atoms with Crippen LogP contribution >= 0.6 is 69.6 Å². The number of rotatable bonds is 19. The smallest absolute Gasteiger partial charge is 0.150 e. The van der Waals surface area contributed by atoms with Crippen LogP contribution in [0.25, 0.3) is 0 Å². The maximum absolute atomic E-state index is 12.6. The molecule has 1 aromatic carbocycles. The number of nitrogens with zero attached hydrogens (tertiary/aromatic N) is 3. The van der Waals surface area contributed by atoms with Gasteiger partial charge in [-0.25, -0.2) is 0 Å². The maximum atomic E-state index is 12.6. The molecule has 4 nitrogen and oxygen atoms in total. The molecule has 0 fully saturated rings. The van der Waals surface area contributed by atoms with Gasteiger partial charge in [0.1, 0.15) is 6.29 Å². The van der Waals surface area contributed by atoms with Gasteiger partial charge in [0.25, 0.3) is 0 Å². The lowest BCUT2D eigenvalue weighted by Gasteiger charge is -2.38. The lowest BCUT2D eigenvalue weighted by molar-refractivity contribution is 0.112. The molecule has 3 unspecified atom stereocenters. The molecular formula is C26H41Cl6N3O. The summed E-state index contributed by atoms with van der Waals surface area (Å²) in [5.74, 6) is 2.44. The number of halogens is 6. The molecule has 0 aliphatic rings. The SMILES string of the molecule is CCCCc1c(C(CCl)N(C)CCCl)cc(C=O)c(C(CCl)N(C)CCCl)c1C(CCl)N(C)CCCl. The predicted octanol–water partition coefficient (Wildman–Crippen LogP) is 7.19. The van der Waals surface area contributed by atoms with E-state index in [0.29, 0.717) is 60.5 Å². The second kappa shape index (κ2) is 18.7. The number of carbonyl (C=O) groups excluding carboxylic acids is 1. The Bertz CT molecular complexity index is 785. The van der Waals surface area contributed by atoms with Crippen LogP contribution < -0.4 is 0 Å². The minimum Gasteiger partial charge on any atom is -0.298 e.